The van der Waals surface area contributed by atoms with Gasteiger partial charge in [0, 0.05) is 29.3 Å². The van der Waals surface area contributed by atoms with Gasteiger partial charge in [0.1, 0.15) is 5.69 Å². The highest BCUT2D eigenvalue weighted by atomic mass is 79.9. The van der Waals surface area contributed by atoms with Crippen LogP contribution in [0, 0.1) is 0 Å². The lowest BCUT2D eigenvalue weighted by atomic mass is 10.1. The summed E-state index contributed by atoms with van der Waals surface area (Å²) in [4.78, 5) is 14.9. The number of hydrogen-bond donors (Lipinski definition) is 1. The number of carbonyl (C=O) groups excluding carboxylic acids is 1. The first-order valence-electron chi connectivity index (χ1n) is 7.88. The van der Waals surface area contributed by atoms with E-state index in [9.17, 15) is 4.79 Å². The summed E-state index contributed by atoms with van der Waals surface area (Å²) in [7, 11) is 0. The molecule has 1 fully saturated rings. The molecule has 21 heavy (non-hydrogen) atoms. The first kappa shape index (κ1) is 16.6. The molecule has 1 aliphatic rings. The SMILES string of the molecule is CC(CN1CCCCC1)NC(=O)c1cc(Br)cn1C(C)C. The van der Waals surface area contributed by atoms with E-state index in [1.807, 2.05) is 16.8 Å². The summed E-state index contributed by atoms with van der Waals surface area (Å²) in [6.07, 6.45) is 5.87. The van der Waals surface area contributed by atoms with Gasteiger partial charge in [0.2, 0.25) is 0 Å². The Morgan fingerprint density at radius 2 is 1.95 bits per heavy atom. The zero-order chi connectivity index (χ0) is 15.4. The second-order valence-corrected chi connectivity index (χ2v) is 7.20. The van der Waals surface area contributed by atoms with Gasteiger partial charge in [-0.25, -0.2) is 0 Å². The Morgan fingerprint density at radius 1 is 1.29 bits per heavy atom. The van der Waals surface area contributed by atoms with E-state index in [-0.39, 0.29) is 18.0 Å². The molecule has 1 N–H and O–H groups in total. The Hall–Kier alpha value is -0.810. The van der Waals surface area contributed by atoms with Crippen molar-refractivity contribution in [1.29, 1.82) is 0 Å². The van der Waals surface area contributed by atoms with Gasteiger partial charge in [-0.3, -0.25) is 4.79 Å². The molecule has 1 atom stereocenters. The third kappa shape index (κ3) is 4.58. The van der Waals surface area contributed by atoms with Crippen LogP contribution in [-0.4, -0.2) is 41.1 Å². The van der Waals surface area contributed by atoms with Gasteiger partial charge in [-0.15, -0.1) is 0 Å². The number of hydrogen-bond acceptors (Lipinski definition) is 2. The molecule has 0 spiro atoms. The maximum Gasteiger partial charge on any atom is 0.268 e. The van der Waals surface area contributed by atoms with Crippen LogP contribution in [0.5, 0.6) is 0 Å². The van der Waals surface area contributed by atoms with Gasteiger partial charge < -0.3 is 14.8 Å². The predicted octanol–water partition coefficient (Wildman–Crippen LogP) is 3.44. The molecule has 118 valence electrons. The quantitative estimate of drug-likeness (QED) is 0.878. The van der Waals surface area contributed by atoms with Crippen LogP contribution in [0.3, 0.4) is 0 Å². The lowest BCUT2D eigenvalue weighted by Crippen LogP contribution is -2.44. The van der Waals surface area contributed by atoms with Gasteiger partial charge in [0.05, 0.1) is 0 Å². The number of carbonyl (C=O) groups is 1. The van der Waals surface area contributed by atoms with Crippen molar-refractivity contribution >= 4 is 21.8 Å². The van der Waals surface area contributed by atoms with Gasteiger partial charge in [0.25, 0.3) is 5.91 Å². The van der Waals surface area contributed by atoms with E-state index in [1.54, 1.807) is 0 Å². The zero-order valence-electron chi connectivity index (χ0n) is 13.2. The number of nitrogens with one attached hydrogen (secondary N) is 1. The molecular formula is C16H26BrN3O. The van der Waals surface area contributed by atoms with E-state index in [0.29, 0.717) is 0 Å². The highest BCUT2D eigenvalue weighted by Gasteiger charge is 2.19. The zero-order valence-corrected chi connectivity index (χ0v) is 14.8. The molecule has 0 radical (unpaired) electrons. The van der Waals surface area contributed by atoms with Gasteiger partial charge in [-0.2, -0.15) is 0 Å². The van der Waals surface area contributed by atoms with Crippen LogP contribution in [0.1, 0.15) is 56.6 Å². The number of rotatable bonds is 5. The average Bonchev–Trinajstić information content (AvgIpc) is 2.82. The summed E-state index contributed by atoms with van der Waals surface area (Å²) in [5.41, 5.74) is 0.724. The molecule has 1 aliphatic heterocycles. The molecule has 5 heteroatoms. The second kappa shape index (κ2) is 7.45. The lowest BCUT2D eigenvalue weighted by molar-refractivity contribution is 0.0915. The molecule has 0 saturated carbocycles. The maximum atomic E-state index is 12.5. The number of halogens is 1. The highest BCUT2D eigenvalue weighted by molar-refractivity contribution is 9.10. The van der Waals surface area contributed by atoms with Crippen LogP contribution >= 0.6 is 15.9 Å². The number of nitrogens with zero attached hydrogens (tertiary/aromatic N) is 2. The average molecular weight is 356 g/mol. The van der Waals surface area contributed by atoms with Gasteiger partial charge in [0.15, 0.2) is 0 Å². The van der Waals surface area contributed by atoms with E-state index in [0.717, 1.165) is 29.8 Å². The molecule has 1 saturated heterocycles. The molecule has 1 aromatic rings. The van der Waals surface area contributed by atoms with Crippen LogP contribution in [0.25, 0.3) is 0 Å². The Labute approximate surface area is 136 Å². The molecule has 1 amide bonds. The molecule has 0 aliphatic carbocycles. The summed E-state index contributed by atoms with van der Waals surface area (Å²) < 4.78 is 2.96. The van der Waals surface area contributed by atoms with Crippen molar-refractivity contribution in [2.45, 2.75) is 52.1 Å². The Kier molecular flexibility index (Phi) is 5.88. The van der Waals surface area contributed by atoms with Crippen molar-refractivity contribution in [3.8, 4) is 0 Å². The summed E-state index contributed by atoms with van der Waals surface area (Å²) in [6.45, 7) is 9.52. The summed E-state index contributed by atoms with van der Waals surface area (Å²) in [5.74, 6) is 0.0129. The molecule has 1 aromatic heterocycles. The standard InChI is InChI=1S/C16H26BrN3O/c1-12(2)20-11-14(17)9-15(20)16(21)18-13(3)10-19-7-5-4-6-8-19/h9,11-13H,4-8,10H2,1-3H3,(H,18,21). The van der Waals surface area contributed by atoms with Crippen LogP contribution in [0.4, 0.5) is 0 Å². The fourth-order valence-corrected chi connectivity index (χ4v) is 3.36. The van der Waals surface area contributed by atoms with E-state index in [4.69, 9.17) is 0 Å². The third-order valence-corrected chi connectivity index (χ3v) is 4.40. The maximum absolute atomic E-state index is 12.5. The monoisotopic (exact) mass is 355 g/mol. The van der Waals surface area contributed by atoms with Crippen LogP contribution < -0.4 is 5.32 Å². The molecule has 4 nitrogen and oxygen atoms in total. The molecular weight excluding hydrogens is 330 g/mol. The summed E-state index contributed by atoms with van der Waals surface area (Å²) in [6, 6.07) is 2.34. The summed E-state index contributed by atoms with van der Waals surface area (Å²) in [5, 5.41) is 3.13. The van der Waals surface area contributed by atoms with E-state index in [1.165, 1.54) is 19.3 Å². The van der Waals surface area contributed by atoms with E-state index < -0.39 is 0 Å². The predicted molar refractivity (Wildman–Crippen MR) is 89.7 cm³/mol. The largest absolute Gasteiger partial charge is 0.347 e. The Balaban J connectivity index is 1.94. The first-order valence-corrected chi connectivity index (χ1v) is 8.67. The van der Waals surface area contributed by atoms with Gasteiger partial charge in [-0.1, -0.05) is 6.42 Å². The van der Waals surface area contributed by atoms with Gasteiger partial charge in [-0.05, 0) is 68.7 Å². The van der Waals surface area contributed by atoms with Crippen LogP contribution in [0.15, 0.2) is 16.7 Å². The minimum atomic E-state index is 0.0129. The molecule has 0 bridgehead atoms. The topological polar surface area (TPSA) is 37.3 Å². The van der Waals surface area contributed by atoms with Crippen LogP contribution in [0.2, 0.25) is 0 Å². The van der Waals surface area contributed by atoms with Crippen molar-refractivity contribution in [1.82, 2.24) is 14.8 Å². The second-order valence-electron chi connectivity index (χ2n) is 6.28. The van der Waals surface area contributed by atoms with Crippen molar-refractivity contribution < 1.29 is 4.79 Å². The number of piperidine rings is 1. The van der Waals surface area contributed by atoms with Crippen molar-refractivity contribution in [3.63, 3.8) is 0 Å². The van der Waals surface area contributed by atoms with Crippen molar-refractivity contribution in [2.75, 3.05) is 19.6 Å². The van der Waals surface area contributed by atoms with Crippen LogP contribution in [-0.2, 0) is 0 Å². The number of likely N-dealkylation sites (tertiary alicyclic amines) is 1. The Bertz CT molecular complexity index is 478. The summed E-state index contributed by atoms with van der Waals surface area (Å²) >= 11 is 3.46. The Morgan fingerprint density at radius 3 is 2.57 bits per heavy atom. The third-order valence-electron chi connectivity index (χ3n) is 3.96. The lowest BCUT2D eigenvalue weighted by Gasteiger charge is -2.29. The number of amides is 1. The molecule has 0 aromatic carbocycles. The van der Waals surface area contributed by atoms with E-state index in [2.05, 4.69) is 46.9 Å². The van der Waals surface area contributed by atoms with E-state index >= 15 is 0 Å². The number of aromatic nitrogens is 1. The van der Waals surface area contributed by atoms with Crippen molar-refractivity contribution in [3.05, 3.63) is 22.4 Å². The normalized spacial score (nSPS) is 18.0. The molecule has 2 heterocycles. The minimum absolute atomic E-state index is 0.0129. The fourth-order valence-electron chi connectivity index (χ4n) is 2.93. The van der Waals surface area contributed by atoms with Crippen molar-refractivity contribution in [2.24, 2.45) is 0 Å². The first-order chi connectivity index (χ1) is 9.97. The smallest absolute Gasteiger partial charge is 0.268 e. The fraction of sp³-hybridized carbons (Fsp3) is 0.688. The minimum Gasteiger partial charge on any atom is -0.347 e. The molecule has 1 unspecified atom stereocenters. The highest BCUT2D eigenvalue weighted by Crippen LogP contribution is 2.19. The van der Waals surface area contributed by atoms with Gasteiger partial charge >= 0.3 is 0 Å². The molecule has 2 rings (SSSR count).